The molecule has 0 spiro atoms. The van der Waals surface area contributed by atoms with Crippen LogP contribution in [-0.2, 0) is 20.7 Å². The maximum absolute atomic E-state index is 14.4. The molecule has 0 radical (unpaired) electrons. The predicted octanol–water partition coefficient (Wildman–Crippen LogP) is 5.14. The maximum atomic E-state index is 14.4. The van der Waals surface area contributed by atoms with Crippen LogP contribution in [0.4, 0.5) is 4.79 Å². The van der Waals surface area contributed by atoms with E-state index in [1.54, 1.807) is 37.8 Å². The number of amides is 3. The van der Waals surface area contributed by atoms with E-state index in [0.29, 0.717) is 17.7 Å². The lowest BCUT2D eigenvalue weighted by molar-refractivity contribution is -0.147. The second-order valence-corrected chi connectivity index (χ2v) is 11.0. The molecule has 1 fully saturated rings. The molecule has 3 amide bonds. The quantitative estimate of drug-likeness (QED) is 0.310. The van der Waals surface area contributed by atoms with Crippen LogP contribution in [0, 0.1) is 12.3 Å². The molecule has 1 saturated carbocycles. The highest BCUT2D eigenvalue weighted by Gasteiger charge is 2.42. The number of ether oxygens (including phenoxy) is 1. The van der Waals surface area contributed by atoms with Crippen LogP contribution in [-0.4, -0.2) is 47.0 Å². The molecule has 2 aromatic carbocycles. The SMILES string of the molecule is C#Cc1ccc(C(C(=O)NCCCC)N(C(=O)C(Cc2ccccc2)NC(=O)OC(C)(C)C)C2CCC2)cc1. The van der Waals surface area contributed by atoms with Crippen LogP contribution in [0.25, 0.3) is 0 Å². The van der Waals surface area contributed by atoms with Crippen molar-refractivity contribution in [3.63, 3.8) is 0 Å². The van der Waals surface area contributed by atoms with Gasteiger partial charge < -0.3 is 20.3 Å². The molecule has 0 saturated heterocycles. The van der Waals surface area contributed by atoms with Gasteiger partial charge in [0.2, 0.25) is 11.8 Å². The average molecular weight is 532 g/mol. The summed E-state index contributed by atoms with van der Waals surface area (Å²) < 4.78 is 5.50. The standard InChI is InChI=1S/C32H41N3O4/c1-6-8-21-33-29(36)28(25-19-17-23(7-2)18-20-25)35(26-15-12-16-26)30(37)27(22-24-13-10-9-11-14-24)34-31(38)39-32(3,4)5/h2,9-11,13-14,17-20,26-28H,6,8,12,15-16,21-22H2,1,3-5H3,(H,33,36)(H,34,38). The van der Waals surface area contributed by atoms with Gasteiger partial charge in [0.1, 0.15) is 17.7 Å². The summed E-state index contributed by atoms with van der Waals surface area (Å²) in [6.07, 6.45) is 9.47. The molecule has 1 aliphatic carbocycles. The van der Waals surface area contributed by atoms with E-state index < -0.39 is 23.8 Å². The molecule has 0 aromatic heterocycles. The first-order valence-electron chi connectivity index (χ1n) is 13.8. The summed E-state index contributed by atoms with van der Waals surface area (Å²) in [5.74, 6) is 2.05. The summed E-state index contributed by atoms with van der Waals surface area (Å²) in [6.45, 7) is 7.90. The second-order valence-electron chi connectivity index (χ2n) is 11.0. The van der Waals surface area contributed by atoms with Crippen LogP contribution in [0.15, 0.2) is 54.6 Å². The van der Waals surface area contributed by atoms with Gasteiger partial charge in [-0.1, -0.05) is 61.7 Å². The van der Waals surface area contributed by atoms with Gasteiger partial charge >= 0.3 is 6.09 Å². The van der Waals surface area contributed by atoms with Crippen LogP contribution in [0.5, 0.6) is 0 Å². The first kappa shape index (κ1) is 29.8. The fourth-order valence-electron chi connectivity index (χ4n) is 4.55. The summed E-state index contributed by atoms with van der Waals surface area (Å²) in [6, 6.07) is 14.8. The van der Waals surface area contributed by atoms with Gasteiger partial charge in [0.15, 0.2) is 0 Å². The summed E-state index contributed by atoms with van der Waals surface area (Å²) in [5.41, 5.74) is 1.54. The zero-order valence-corrected chi connectivity index (χ0v) is 23.5. The van der Waals surface area contributed by atoms with Crippen molar-refractivity contribution in [2.45, 2.75) is 89.9 Å². The number of carbonyl (C=O) groups excluding carboxylic acids is 3. The van der Waals surface area contributed by atoms with Crippen molar-refractivity contribution in [1.29, 1.82) is 0 Å². The number of benzene rings is 2. The molecule has 1 aliphatic rings. The lowest BCUT2D eigenvalue weighted by atomic mass is 9.87. The highest BCUT2D eigenvalue weighted by Crippen LogP contribution is 2.34. The minimum absolute atomic E-state index is 0.120. The predicted molar refractivity (Wildman–Crippen MR) is 153 cm³/mol. The highest BCUT2D eigenvalue weighted by molar-refractivity contribution is 5.92. The van der Waals surface area contributed by atoms with E-state index in [1.807, 2.05) is 42.5 Å². The molecule has 0 aliphatic heterocycles. The van der Waals surface area contributed by atoms with Crippen LogP contribution >= 0.6 is 0 Å². The van der Waals surface area contributed by atoms with Crippen molar-refractivity contribution >= 4 is 17.9 Å². The van der Waals surface area contributed by atoms with E-state index in [4.69, 9.17) is 11.2 Å². The van der Waals surface area contributed by atoms with E-state index in [0.717, 1.165) is 37.7 Å². The number of carbonyl (C=O) groups is 3. The fourth-order valence-corrected chi connectivity index (χ4v) is 4.55. The van der Waals surface area contributed by atoms with Gasteiger partial charge in [0.25, 0.3) is 0 Å². The second kappa shape index (κ2) is 13.8. The van der Waals surface area contributed by atoms with E-state index >= 15 is 0 Å². The van der Waals surface area contributed by atoms with Gasteiger partial charge in [-0.2, -0.15) is 0 Å². The van der Waals surface area contributed by atoms with E-state index in [1.165, 1.54) is 0 Å². The third kappa shape index (κ3) is 8.61. The number of terminal acetylenes is 1. The molecule has 0 bridgehead atoms. The summed E-state index contributed by atoms with van der Waals surface area (Å²) in [5, 5.41) is 5.84. The van der Waals surface area contributed by atoms with E-state index in [-0.39, 0.29) is 24.3 Å². The zero-order valence-electron chi connectivity index (χ0n) is 23.5. The molecule has 39 heavy (non-hydrogen) atoms. The molecular weight excluding hydrogens is 490 g/mol. The van der Waals surface area contributed by atoms with Gasteiger partial charge in [0.05, 0.1) is 0 Å². The number of hydrogen-bond acceptors (Lipinski definition) is 4. The normalized spacial score (nSPS) is 14.7. The van der Waals surface area contributed by atoms with Crippen molar-refractivity contribution < 1.29 is 19.1 Å². The summed E-state index contributed by atoms with van der Waals surface area (Å²) in [4.78, 5) is 42.6. The molecule has 2 unspecified atom stereocenters. The number of nitrogens with zero attached hydrogens (tertiary/aromatic N) is 1. The maximum Gasteiger partial charge on any atom is 0.408 e. The van der Waals surface area contributed by atoms with E-state index in [2.05, 4.69) is 23.5 Å². The Kier molecular flexibility index (Phi) is 10.6. The minimum atomic E-state index is -0.918. The lowest BCUT2D eigenvalue weighted by Crippen LogP contribution is -2.58. The number of alkyl carbamates (subject to hydrolysis) is 1. The van der Waals surface area contributed by atoms with Crippen molar-refractivity contribution in [3.05, 3.63) is 71.3 Å². The Bertz CT molecular complexity index is 1140. The Morgan fingerprint density at radius 2 is 1.74 bits per heavy atom. The Morgan fingerprint density at radius 1 is 1.08 bits per heavy atom. The third-order valence-electron chi connectivity index (χ3n) is 6.74. The lowest BCUT2D eigenvalue weighted by Gasteiger charge is -2.43. The molecule has 0 heterocycles. The molecule has 7 nitrogen and oxygen atoms in total. The number of rotatable bonds is 11. The Hall–Kier alpha value is -3.79. The largest absolute Gasteiger partial charge is 0.444 e. The monoisotopic (exact) mass is 531 g/mol. The van der Waals surface area contributed by atoms with Crippen molar-refractivity contribution in [2.75, 3.05) is 6.54 Å². The van der Waals surface area contributed by atoms with Gasteiger partial charge in [-0.3, -0.25) is 9.59 Å². The molecule has 3 rings (SSSR count). The van der Waals surface area contributed by atoms with Gasteiger partial charge in [-0.25, -0.2) is 4.79 Å². The number of unbranched alkanes of at least 4 members (excludes halogenated alkanes) is 1. The van der Waals surface area contributed by atoms with Crippen molar-refractivity contribution in [2.24, 2.45) is 0 Å². The first-order chi connectivity index (χ1) is 18.6. The fraction of sp³-hybridized carbons (Fsp3) is 0.469. The molecule has 208 valence electrons. The van der Waals surface area contributed by atoms with Crippen LogP contribution in [0.2, 0.25) is 0 Å². The zero-order chi connectivity index (χ0) is 28.4. The smallest absolute Gasteiger partial charge is 0.408 e. The Morgan fingerprint density at radius 3 is 2.28 bits per heavy atom. The molecule has 2 aromatic rings. The van der Waals surface area contributed by atoms with Gasteiger partial charge in [0, 0.05) is 24.6 Å². The van der Waals surface area contributed by atoms with Crippen molar-refractivity contribution in [1.82, 2.24) is 15.5 Å². The van der Waals surface area contributed by atoms with Crippen molar-refractivity contribution in [3.8, 4) is 12.3 Å². The molecule has 2 N–H and O–H groups in total. The number of hydrogen-bond donors (Lipinski definition) is 2. The van der Waals surface area contributed by atoms with Crippen LogP contribution in [0.3, 0.4) is 0 Å². The highest BCUT2D eigenvalue weighted by atomic mass is 16.6. The molecule has 7 heteroatoms. The van der Waals surface area contributed by atoms with Gasteiger partial charge in [-0.15, -0.1) is 6.42 Å². The Labute approximate surface area is 232 Å². The van der Waals surface area contributed by atoms with Crippen LogP contribution < -0.4 is 10.6 Å². The first-order valence-corrected chi connectivity index (χ1v) is 13.8. The number of nitrogens with one attached hydrogen (secondary N) is 2. The summed E-state index contributed by atoms with van der Waals surface area (Å²) in [7, 11) is 0. The van der Waals surface area contributed by atoms with Crippen LogP contribution in [0.1, 0.15) is 82.5 Å². The minimum Gasteiger partial charge on any atom is -0.444 e. The van der Waals surface area contributed by atoms with E-state index in [9.17, 15) is 14.4 Å². The Balaban J connectivity index is 2.01. The topological polar surface area (TPSA) is 87.7 Å². The average Bonchev–Trinajstić information content (AvgIpc) is 2.86. The molecule has 2 atom stereocenters. The third-order valence-corrected chi connectivity index (χ3v) is 6.74. The molecular formula is C32H41N3O4. The van der Waals surface area contributed by atoms with Gasteiger partial charge in [-0.05, 0) is 69.7 Å². The summed E-state index contributed by atoms with van der Waals surface area (Å²) >= 11 is 0.